The fourth-order valence-corrected chi connectivity index (χ4v) is 2.91. The number of rotatable bonds is 4. The van der Waals surface area contributed by atoms with Crippen LogP contribution in [0.1, 0.15) is 5.56 Å². The SMILES string of the molecule is CNCc1cccc(F)c1Sc1cccc(Cl)c1. The van der Waals surface area contributed by atoms with E-state index < -0.39 is 0 Å². The molecule has 2 aromatic rings. The Hall–Kier alpha value is -1.03. The highest BCUT2D eigenvalue weighted by Gasteiger charge is 2.09. The molecule has 0 atom stereocenters. The molecule has 0 aliphatic rings. The highest BCUT2D eigenvalue weighted by atomic mass is 35.5. The molecule has 0 aromatic heterocycles. The third-order valence-corrected chi connectivity index (χ3v) is 3.82. The molecule has 0 aliphatic carbocycles. The van der Waals surface area contributed by atoms with Gasteiger partial charge in [0.25, 0.3) is 0 Å². The van der Waals surface area contributed by atoms with Crippen LogP contribution in [-0.2, 0) is 6.54 Å². The summed E-state index contributed by atoms with van der Waals surface area (Å²) in [5, 5.41) is 3.70. The van der Waals surface area contributed by atoms with Crippen LogP contribution in [0, 0.1) is 5.82 Å². The summed E-state index contributed by atoms with van der Waals surface area (Å²) in [4.78, 5) is 1.58. The van der Waals surface area contributed by atoms with E-state index in [0.717, 1.165) is 10.5 Å². The van der Waals surface area contributed by atoms with Crippen LogP contribution in [0.5, 0.6) is 0 Å². The summed E-state index contributed by atoms with van der Waals surface area (Å²) in [6.45, 7) is 0.640. The molecule has 0 bridgehead atoms. The van der Waals surface area contributed by atoms with E-state index in [4.69, 9.17) is 11.6 Å². The molecule has 4 heteroatoms. The molecule has 1 N–H and O–H groups in total. The van der Waals surface area contributed by atoms with Crippen molar-refractivity contribution in [3.8, 4) is 0 Å². The molecule has 0 saturated carbocycles. The van der Waals surface area contributed by atoms with Gasteiger partial charge in [0.05, 0.1) is 4.90 Å². The summed E-state index contributed by atoms with van der Waals surface area (Å²) in [7, 11) is 1.85. The first-order valence-corrected chi connectivity index (χ1v) is 6.75. The third kappa shape index (κ3) is 3.25. The van der Waals surface area contributed by atoms with Gasteiger partial charge in [0.15, 0.2) is 0 Å². The zero-order chi connectivity index (χ0) is 13.0. The predicted octanol–water partition coefficient (Wildman–Crippen LogP) is 4.35. The highest BCUT2D eigenvalue weighted by molar-refractivity contribution is 7.99. The topological polar surface area (TPSA) is 12.0 Å². The second kappa shape index (κ2) is 6.23. The van der Waals surface area contributed by atoms with E-state index in [9.17, 15) is 4.39 Å². The zero-order valence-corrected chi connectivity index (χ0v) is 11.5. The van der Waals surface area contributed by atoms with E-state index in [1.54, 1.807) is 6.07 Å². The second-order valence-electron chi connectivity index (χ2n) is 3.82. The summed E-state index contributed by atoms with van der Waals surface area (Å²) in [6.07, 6.45) is 0. The number of benzene rings is 2. The minimum absolute atomic E-state index is 0.201. The molecule has 0 radical (unpaired) electrons. The van der Waals surface area contributed by atoms with Gasteiger partial charge in [0, 0.05) is 16.5 Å². The zero-order valence-electron chi connectivity index (χ0n) is 9.91. The van der Waals surface area contributed by atoms with E-state index in [-0.39, 0.29) is 5.82 Å². The lowest BCUT2D eigenvalue weighted by molar-refractivity contribution is 0.594. The highest BCUT2D eigenvalue weighted by Crippen LogP contribution is 2.33. The van der Waals surface area contributed by atoms with Gasteiger partial charge in [0.2, 0.25) is 0 Å². The summed E-state index contributed by atoms with van der Waals surface area (Å²) in [6, 6.07) is 12.6. The molecule has 0 unspecified atom stereocenters. The second-order valence-corrected chi connectivity index (χ2v) is 5.34. The third-order valence-electron chi connectivity index (χ3n) is 2.43. The molecular formula is C14H13ClFNS. The van der Waals surface area contributed by atoms with E-state index >= 15 is 0 Å². The van der Waals surface area contributed by atoms with Gasteiger partial charge in [-0.1, -0.05) is 41.6 Å². The molecule has 0 amide bonds. The van der Waals surface area contributed by atoms with Gasteiger partial charge in [0.1, 0.15) is 5.82 Å². The average molecular weight is 282 g/mol. The van der Waals surface area contributed by atoms with Crippen molar-refractivity contribution in [2.45, 2.75) is 16.3 Å². The van der Waals surface area contributed by atoms with Crippen molar-refractivity contribution in [1.82, 2.24) is 5.32 Å². The monoisotopic (exact) mass is 281 g/mol. The Kier molecular flexibility index (Phi) is 4.64. The van der Waals surface area contributed by atoms with Gasteiger partial charge in [-0.3, -0.25) is 0 Å². The van der Waals surface area contributed by atoms with Crippen molar-refractivity contribution in [2.24, 2.45) is 0 Å². The smallest absolute Gasteiger partial charge is 0.137 e. The van der Waals surface area contributed by atoms with Crippen molar-refractivity contribution >= 4 is 23.4 Å². The fraction of sp³-hybridized carbons (Fsp3) is 0.143. The Labute approximate surface area is 115 Å². The Bertz CT molecular complexity index is 545. The lowest BCUT2D eigenvalue weighted by atomic mass is 10.2. The molecule has 0 heterocycles. The van der Waals surface area contributed by atoms with Crippen LogP contribution < -0.4 is 5.32 Å². The van der Waals surface area contributed by atoms with Crippen LogP contribution in [0.15, 0.2) is 52.3 Å². The van der Waals surface area contributed by atoms with Gasteiger partial charge < -0.3 is 5.32 Å². The Morgan fingerprint density at radius 3 is 2.72 bits per heavy atom. The molecule has 0 saturated heterocycles. The van der Waals surface area contributed by atoms with Gasteiger partial charge in [-0.2, -0.15) is 0 Å². The van der Waals surface area contributed by atoms with Gasteiger partial charge in [-0.05, 0) is 36.9 Å². The summed E-state index contributed by atoms with van der Waals surface area (Å²) in [5.41, 5.74) is 0.947. The van der Waals surface area contributed by atoms with Gasteiger partial charge in [-0.25, -0.2) is 4.39 Å². The first kappa shape index (κ1) is 13.4. The van der Waals surface area contributed by atoms with E-state index in [0.29, 0.717) is 16.5 Å². The predicted molar refractivity (Wildman–Crippen MR) is 74.7 cm³/mol. The lowest BCUT2D eigenvalue weighted by Gasteiger charge is -2.10. The molecule has 1 nitrogen and oxygen atoms in total. The van der Waals surface area contributed by atoms with Crippen molar-refractivity contribution in [2.75, 3.05) is 7.05 Å². The summed E-state index contributed by atoms with van der Waals surface area (Å²) < 4.78 is 13.9. The van der Waals surface area contributed by atoms with Crippen LogP contribution >= 0.6 is 23.4 Å². The number of nitrogens with one attached hydrogen (secondary N) is 1. The fourth-order valence-electron chi connectivity index (χ4n) is 1.65. The molecular weight excluding hydrogens is 269 g/mol. The van der Waals surface area contributed by atoms with Crippen LogP contribution in [0.3, 0.4) is 0 Å². The maximum absolute atomic E-state index is 13.9. The molecule has 0 fully saturated rings. The number of halogens is 2. The quantitative estimate of drug-likeness (QED) is 0.894. The van der Waals surface area contributed by atoms with Crippen LogP contribution in [0.2, 0.25) is 5.02 Å². The Balaban J connectivity index is 2.33. The Morgan fingerprint density at radius 2 is 2.00 bits per heavy atom. The molecule has 0 aliphatic heterocycles. The minimum atomic E-state index is -0.201. The minimum Gasteiger partial charge on any atom is -0.316 e. The number of hydrogen-bond donors (Lipinski definition) is 1. The molecule has 0 spiro atoms. The summed E-state index contributed by atoms with van der Waals surface area (Å²) >= 11 is 7.33. The molecule has 94 valence electrons. The largest absolute Gasteiger partial charge is 0.316 e. The standard InChI is InChI=1S/C14H13ClFNS/c1-17-9-10-4-2-7-13(16)14(10)18-12-6-3-5-11(15)8-12/h2-8,17H,9H2,1H3. The first-order valence-electron chi connectivity index (χ1n) is 5.56. The molecule has 2 aromatic carbocycles. The normalized spacial score (nSPS) is 10.6. The maximum Gasteiger partial charge on any atom is 0.137 e. The van der Waals surface area contributed by atoms with Crippen molar-refractivity contribution in [3.63, 3.8) is 0 Å². The molecule has 2 rings (SSSR count). The van der Waals surface area contributed by atoms with Crippen molar-refractivity contribution < 1.29 is 4.39 Å². The van der Waals surface area contributed by atoms with E-state index in [1.165, 1.54) is 17.8 Å². The van der Waals surface area contributed by atoms with Crippen molar-refractivity contribution in [1.29, 1.82) is 0 Å². The Morgan fingerprint density at radius 1 is 1.22 bits per heavy atom. The van der Waals surface area contributed by atoms with Crippen LogP contribution in [0.4, 0.5) is 4.39 Å². The average Bonchev–Trinajstić information content (AvgIpc) is 2.34. The van der Waals surface area contributed by atoms with E-state index in [2.05, 4.69) is 5.32 Å². The van der Waals surface area contributed by atoms with Gasteiger partial charge >= 0.3 is 0 Å². The van der Waals surface area contributed by atoms with E-state index in [1.807, 2.05) is 37.4 Å². The lowest BCUT2D eigenvalue weighted by Crippen LogP contribution is -2.06. The van der Waals surface area contributed by atoms with Crippen molar-refractivity contribution in [3.05, 3.63) is 58.9 Å². The van der Waals surface area contributed by atoms with Crippen LogP contribution in [-0.4, -0.2) is 7.05 Å². The van der Waals surface area contributed by atoms with Crippen LogP contribution in [0.25, 0.3) is 0 Å². The van der Waals surface area contributed by atoms with Gasteiger partial charge in [-0.15, -0.1) is 0 Å². The first-order chi connectivity index (χ1) is 8.70. The number of hydrogen-bond acceptors (Lipinski definition) is 2. The summed E-state index contributed by atoms with van der Waals surface area (Å²) in [5.74, 6) is -0.201. The molecule has 18 heavy (non-hydrogen) atoms. The maximum atomic E-state index is 13.9.